The average Bonchev–Trinajstić information content (AvgIpc) is 3.30. The van der Waals surface area contributed by atoms with Gasteiger partial charge in [0, 0.05) is 38.0 Å². The molecule has 0 radical (unpaired) electrons. The summed E-state index contributed by atoms with van der Waals surface area (Å²) < 4.78 is 35.1. The lowest BCUT2D eigenvalue weighted by atomic mass is 10.2. The molecule has 1 atom stereocenters. The highest BCUT2D eigenvalue weighted by Gasteiger charge is 2.23. The third-order valence-corrected chi connectivity index (χ3v) is 4.74. The molecule has 1 amide bonds. The second-order valence-corrected chi connectivity index (χ2v) is 6.96. The standard InChI is InChI=1S/C22H26F2N4O3/c1-25-22(27-14-16-7-2-3-9-18(16)31-21(23)24)26-13-15-6-4-8-17(12-15)28-20(29)19-10-5-11-30-19/h2-4,6-9,12,19,21H,5,10-11,13-14H2,1H3,(H,28,29)(H2,25,26,27). The Bertz CT molecular complexity index is 902. The van der Waals surface area contributed by atoms with Crippen molar-refractivity contribution in [3.05, 3.63) is 59.7 Å². The second kappa shape index (κ2) is 11.3. The van der Waals surface area contributed by atoms with Gasteiger partial charge in [-0.05, 0) is 36.6 Å². The smallest absolute Gasteiger partial charge is 0.387 e. The van der Waals surface area contributed by atoms with Gasteiger partial charge < -0.3 is 25.4 Å². The molecule has 0 bridgehead atoms. The van der Waals surface area contributed by atoms with E-state index in [0.29, 0.717) is 30.4 Å². The minimum Gasteiger partial charge on any atom is -0.434 e. The number of aliphatic imine (C=N–C) groups is 1. The van der Waals surface area contributed by atoms with Gasteiger partial charge in [0.1, 0.15) is 11.9 Å². The second-order valence-electron chi connectivity index (χ2n) is 6.96. The molecule has 7 nitrogen and oxygen atoms in total. The van der Waals surface area contributed by atoms with Crippen molar-refractivity contribution >= 4 is 17.6 Å². The summed E-state index contributed by atoms with van der Waals surface area (Å²) in [6, 6.07) is 14.1. The van der Waals surface area contributed by atoms with Gasteiger partial charge in [-0.3, -0.25) is 9.79 Å². The lowest BCUT2D eigenvalue weighted by Gasteiger charge is -2.15. The van der Waals surface area contributed by atoms with E-state index in [0.717, 1.165) is 18.4 Å². The molecule has 0 aromatic heterocycles. The number of carbonyl (C=O) groups excluding carboxylic acids is 1. The van der Waals surface area contributed by atoms with Crippen LogP contribution in [0.1, 0.15) is 24.0 Å². The summed E-state index contributed by atoms with van der Waals surface area (Å²) in [6.45, 7) is -1.54. The summed E-state index contributed by atoms with van der Waals surface area (Å²) in [5, 5.41) is 9.13. The van der Waals surface area contributed by atoms with E-state index in [4.69, 9.17) is 4.74 Å². The first-order chi connectivity index (χ1) is 15.0. The van der Waals surface area contributed by atoms with Crippen LogP contribution in [0.3, 0.4) is 0 Å². The number of anilines is 1. The lowest BCUT2D eigenvalue weighted by Crippen LogP contribution is -2.36. The summed E-state index contributed by atoms with van der Waals surface area (Å²) in [6.07, 6.45) is 1.25. The fourth-order valence-corrected chi connectivity index (χ4v) is 3.21. The van der Waals surface area contributed by atoms with Gasteiger partial charge in [0.2, 0.25) is 0 Å². The number of guanidine groups is 1. The van der Waals surface area contributed by atoms with E-state index < -0.39 is 6.61 Å². The number of nitrogens with one attached hydrogen (secondary N) is 3. The van der Waals surface area contributed by atoms with Crippen LogP contribution in [0.2, 0.25) is 0 Å². The van der Waals surface area contributed by atoms with Crippen molar-refractivity contribution in [1.29, 1.82) is 0 Å². The summed E-state index contributed by atoms with van der Waals surface area (Å²) in [5.41, 5.74) is 2.22. The van der Waals surface area contributed by atoms with Crippen LogP contribution in [-0.4, -0.2) is 38.2 Å². The number of rotatable bonds is 8. The van der Waals surface area contributed by atoms with Crippen molar-refractivity contribution in [2.75, 3.05) is 19.0 Å². The number of amides is 1. The van der Waals surface area contributed by atoms with Crippen LogP contribution in [0.25, 0.3) is 0 Å². The summed E-state index contributed by atoms with van der Waals surface area (Å²) in [7, 11) is 1.62. The maximum atomic E-state index is 12.6. The number of alkyl halides is 2. The number of nitrogens with zero attached hydrogens (tertiary/aromatic N) is 1. The molecule has 2 aromatic carbocycles. The maximum Gasteiger partial charge on any atom is 0.387 e. The van der Waals surface area contributed by atoms with Gasteiger partial charge in [0.05, 0.1) is 0 Å². The Balaban J connectivity index is 1.52. The highest BCUT2D eigenvalue weighted by molar-refractivity contribution is 5.94. The molecule has 3 N–H and O–H groups in total. The van der Waals surface area contributed by atoms with Crippen molar-refractivity contribution in [3.8, 4) is 5.75 Å². The average molecular weight is 432 g/mol. The number of carbonyl (C=O) groups is 1. The molecule has 1 unspecified atom stereocenters. The Morgan fingerprint density at radius 2 is 2.00 bits per heavy atom. The van der Waals surface area contributed by atoms with Crippen LogP contribution >= 0.6 is 0 Å². The monoisotopic (exact) mass is 432 g/mol. The van der Waals surface area contributed by atoms with E-state index in [-0.39, 0.29) is 24.3 Å². The highest BCUT2D eigenvalue weighted by atomic mass is 19.3. The molecule has 166 valence electrons. The molecule has 1 saturated heterocycles. The van der Waals surface area contributed by atoms with Crippen molar-refractivity contribution in [1.82, 2.24) is 10.6 Å². The van der Waals surface area contributed by atoms with Crippen molar-refractivity contribution in [2.45, 2.75) is 38.6 Å². The Kier molecular flexibility index (Phi) is 8.17. The van der Waals surface area contributed by atoms with Gasteiger partial charge in [0.25, 0.3) is 5.91 Å². The molecule has 2 aromatic rings. The van der Waals surface area contributed by atoms with Gasteiger partial charge in [-0.1, -0.05) is 30.3 Å². The largest absolute Gasteiger partial charge is 0.434 e. The topological polar surface area (TPSA) is 84.0 Å². The quantitative estimate of drug-likeness (QED) is 0.441. The number of halogens is 2. The molecule has 0 aliphatic carbocycles. The Hall–Kier alpha value is -3.20. The van der Waals surface area contributed by atoms with E-state index in [1.165, 1.54) is 6.07 Å². The van der Waals surface area contributed by atoms with Crippen molar-refractivity contribution in [2.24, 2.45) is 4.99 Å². The van der Waals surface area contributed by atoms with Gasteiger partial charge >= 0.3 is 6.61 Å². The molecule has 1 aliphatic rings. The molecule has 9 heteroatoms. The normalized spacial score (nSPS) is 16.3. The van der Waals surface area contributed by atoms with Crippen LogP contribution in [0.4, 0.5) is 14.5 Å². The molecule has 1 fully saturated rings. The Morgan fingerprint density at radius 3 is 2.74 bits per heavy atom. The first-order valence-electron chi connectivity index (χ1n) is 10.0. The minimum atomic E-state index is -2.88. The van der Waals surface area contributed by atoms with Crippen LogP contribution < -0.4 is 20.7 Å². The van der Waals surface area contributed by atoms with Gasteiger partial charge in [-0.2, -0.15) is 8.78 Å². The van der Waals surface area contributed by atoms with E-state index in [1.54, 1.807) is 25.2 Å². The highest BCUT2D eigenvalue weighted by Crippen LogP contribution is 2.20. The number of hydrogen-bond acceptors (Lipinski definition) is 4. The minimum absolute atomic E-state index is 0.120. The van der Waals surface area contributed by atoms with E-state index in [1.807, 2.05) is 24.3 Å². The molecule has 0 spiro atoms. The Labute approximate surface area is 179 Å². The number of ether oxygens (including phenoxy) is 2. The molecule has 31 heavy (non-hydrogen) atoms. The Morgan fingerprint density at radius 1 is 1.19 bits per heavy atom. The molecule has 1 heterocycles. The van der Waals surface area contributed by atoms with Crippen molar-refractivity contribution < 1.29 is 23.0 Å². The predicted octanol–water partition coefficient (Wildman–Crippen LogP) is 3.27. The van der Waals surface area contributed by atoms with Gasteiger partial charge in [-0.15, -0.1) is 0 Å². The van der Waals surface area contributed by atoms with Crippen LogP contribution in [0.15, 0.2) is 53.5 Å². The third kappa shape index (κ3) is 6.92. The van der Waals surface area contributed by atoms with Crippen LogP contribution in [0, 0.1) is 0 Å². The predicted molar refractivity (Wildman–Crippen MR) is 114 cm³/mol. The zero-order valence-electron chi connectivity index (χ0n) is 17.2. The number of para-hydroxylation sites is 1. The summed E-state index contributed by atoms with van der Waals surface area (Å²) in [5.74, 6) is 0.487. The summed E-state index contributed by atoms with van der Waals surface area (Å²) in [4.78, 5) is 16.4. The fraction of sp³-hybridized carbons (Fsp3) is 0.364. The zero-order chi connectivity index (χ0) is 22.1. The summed E-state index contributed by atoms with van der Waals surface area (Å²) >= 11 is 0. The van der Waals surface area contributed by atoms with E-state index in [9.17, 15) is 13.6 Å². The zero-order valence-corrected chi connectivity index (χ0v) is 17.2. The number of hydrogen-bond donors (Lipinski definition) is 3. The van der Waals surface area contributed by atoms with E-state index in [2.05, 4.69) is 25.7 Å². The van der Waals surface area contributed by atoms with Crippen molar-refractivity contribution in [3.63, 3.8) is 0 Å². The first-order valence-corrected chi connectivity index (χ1v) is 10.0. The molecule has 1 aliphatic heterocycles. The molecular formula is C22H26F2N4O3. The SMILES string of the molecule is CN=C(NCc1cccc(NC(=O)C2CCCO2)c1)NCc1ccccc1OC(F)F. The molecule has 0 saturated carbocycles. The van der Waals surface area contributed by atoms with Gasteiger partial charge in [-0.25, -0.2) is 0 Å². The fourth-order valence-electron chi connectivity index (χ4n) is 3.21. The van der Waals surface area contributed by atoms with E-state index >= 15 is 0 Å². The molecular weight excluding hydrogens is 406 g/mol. The third-order valence-electron chi connectivity index (χ3n) is 4.74. The molecule has 3 rings (SSSR count). The first kappa shape index (κ1) is 22.5. The maximum absolute atomic E-state index is 12.6. The van der Waals surface area contributed by atoms with Crippen LogP contribution in [-0.2, 0) is 22.6 Å². The number of benzene rings is 2. The lowest BCUT2D eigenvalue weighted by molar-refractivity contribution is -0.124. The van der Waals surface area contributed by atoms with Crippen LogP contribution in [0.5, 0.6) is 5.75 Å². The van der Waals surface area contributed by atoms with Gasteiger partial charge in [0.15, 0.2) is 5.96 Å².